The molecule has 1 atom stereocenters. The van der Waals surface area contributed by atoms with E-state index in [0.29, 0.717) is 22.0 Å². The largest absolute Gasteiger partial charge is 0.465 e. The van der Waals surface area contributed by atoms with Crippen LogP contribution in [-0.2, 0) is 11.3 Å². The van der Waals surface area contributed by atoms with Crippen molar-refractivity contribution in [3.63, 3.8) is 0 Å². The number of nitrogens with one attached hydrogen (secondary N) is 1. The lowest BCUT2D eigenvalue weighted by atomic mass is 10.0. The Hall–Kier alpha value is -2.77. The van der Waals surface area contributed by atoms with E-state index in [2.05, 4.69) is 17.1 Å². The van der Waals surface area contributed by atoms with E-state index in [1.165, 1.54) is 31.3 Å². The van der Waals surface area contributed by atoms with E-state index in [1.807, 2.05) is 37.3 Å². The summed E-state index contributed by atoms with van der Waals surface area (Å²) in [5.74, 6) is -0.0303. The number of benzene rings is 1. The van der Waals surface area contributed by atoms with Gasteiger partial charge in [-0.2, -0.15) is 0 Å². The first-order valence-corrected chi connectivity index (χ1v) is 11.4. The molecule has 1 saturated heterocycles. The van der Waals surface area contributed by atoms with Gasteiger partial charge in [0, 0.05) is 24.0 Å². The molecule has 4 rings (SSSR count). The van der Waals surface area contributed by atoms with Crippen LogP contribution in [0, 0.1) is 12.8 Å². The Morgan fingerprint density at radius 1 is 1.26 bits per heavy atom. The number of rotatable bonds is 5. The number of carbonyl (C=O) groups is 2. The summed E-state index contributed by atoms with van der Waals surface area (Å²) in [5, 5.41) is 3.69. The van der Waals surface area contributed by atoms with Crippen LogP contribution in [0.2, 0.25) is 0 Å². The molecule has 1 fully saturated rings. The van der Waals surface area contributed by atoms with Gasteiger partial charge in [-0.05, 0) is 56.0 Å². The molecule has 1 unspecified atom stereocenters. The number of anilines is 1. The number of nitrogens with zero attached hydrogens (tertiary/aromatic N) is 2. The minimum Gasteiger partial charge on any atom is -0.465 e. The van der Waals surface area contributed by atoms with Gasteiger partial charge in [-0.1, -0.05) is 25.1 Å². The summed E-state index contributed by atoms with van der Waals surface area (Å²) in [6.07, 6.45) is 2.49. The molecule has 31 heavy (non-hydrogen) atoms. The summed E-state index contributed by atoms with van der Waals surface area (Å²) in [5.41, 5.74) is 2.87. The number of fused-ring (bicyclic) bond motifs is 1. The molecular formula is C24H27N3O3S. The van der Waals surface area contributed by atoms with Gasteiger partial charge in [0.25, 0.3) is 5.91 Å². The fourth-order valence-corrected chi connectivity index (χ4v) is 5.20. The number of esters is 1. The number of piperidine rings is 1. The summed E-state index contributed by atoms with van der Waals surface area (Å²) in [6.45, 7) is 7.12. The van der Waals surface area contributed by atoms with Gasteiger partial charge in [-0.3, -0.25) is 9.69 Å². The molecule has 0 radical (unpaired) electrons. The Balaban J connectivity index is 1.66. The molecule has 1 aliphatic rings. The third-order valence-electron chi connectivity index (χ3n) is 5.74. The topological polar surface area (TPSA) is 71.5 Å². The van der Waals surface area contributed by atoms with Gasteiger partial charge in [0.2, 0.25) is 0 Å². The average molecular weight is 438 g/mol. The number of aromatic nitrogens is 1. The third kappa shape index (κ3) is 4.62. The second-order valence-electron chi connectivity index (χ2n) is 8.20. The van der Waals surface area contributed by atoms with Crippen LogP contribution in [0.4, 0.5) is 5.69 Å². The van der Waals surface area contributed by atoms with Gasteiger partial charge in [0.15, 0.2) is 0 Å². The van der Waals surface area contributed by atoms with Crippen LogP contribution in [0.15, 0.2) is 36.4 Å². The van der Waals surface area contributed by atoms with E-state index in [-0.39, 0.29) is 5.91 Å². The van der Waals surface area contributed by atoms with E-state index < -0.39 is 5.97 Å². The first-order valence-electron chi connectivity index (χ1n) is 10.6. The number of ether oxygens (including phenoxy) is 1. The Labute approximate surface area is 186 Å². The first-order chi connectivity index (χ1) is 15.0. The van der Waals surface area contributed by atoms with Crippen LogP contribution >= 0.6 is 11.3 Å². The van der Waals surface area contributed by atoms with Crippen molar-refractivity contribution in [3.8, 4) is 0 Å². The van der Waals surface area contributed by atoms with Gasteiger partial charge < -0.3 is 10.1 Å². The molecule has 0 aliphatic carbocycles. The molecule has 2 aromatic heterocycles. The van der Waals surface area contributed by atoms with Crippen molar-refractivity contribution in [2.75, 3.05) is 25.5 Å². The number of likely N-dealkylation sites (tertiary alicyclic amines) is 1. The molecule has 7 heteroatoms. The smallest absolute Gasteiger partial charge is 0.350 e. The van der Waals surface area contributed by atoms with Crippen LogP contribution in [0.1, 0.15) is 51.1 Å². The molecule has 3 heterocycles. The van der Waals surface area contributed by atoms with Crippen molar-refractivity contribution in [2.45, 2.75) is 33.2 Å². The quantitative estimate of drug-likeness (QED) is 0.576. The fourth-order valence-electron chi connectivity index (χ4n) is 4.13. The zero-order valence-corrected chi connectivity index (χ0v) is 18.9. The number of hydrogen-bond acceptors (Lipinski definition) is 6. The molecular weight excluding hydrogens is 410 g/mol. The Morgan fingerprint density at radius 3 is 2.81 bits per heavy atom. The predicted octanol–water partition coefficient (Wildman–Crippen LogP) is 4.88. The highest BCUT2D eigenvalue weighted by Crippen LogP contribution is 2.36. The summed E-state index contributed by atoms with van der Waals surface area (Å²) in [7, 11) is 1.34. The molecule has 162 valence electrons. The van der Waals surface area contributed by atoms with Gasteiger partial charge in [0.05, 0.1) is 18.5 Å². The summed E-state index contributed by atoms with van der Waals surface area (Å²) in [4.78, 5) is 33.7. The average Bonchev–Trinajstić information content (AvgIpc) is 3.11. The molecule has 0 spiro atoms. The number of aryl methyl sites for hydroxylation is 1. The first kappa shape index (κ1) is 21.5. The van der Waals surface area contributed by atoms with E-state index in [0.717, 1.165) is 41.1 Å². The number of thiophene rings is 1. The third-order valence-corrected chi connectivity index (χ3v) is 6.82. The highest BCUT2D eigenvalue weighted by Gasteiger charge is 2.23. The number of hydrogen-bond donors (Lipinski definition) is 1. The molecule has 1 aliphatic heterocycles. The maximum absolute atomic E-state index is 12.9. The van der Waals surface area contributed by atoms with Crippen molar-refractivity contribution >= 4 is 39.1 Å². The normalized spacial score (nSPS) is 16.9. The van der Waals surface area contributed by atoms with Crippen LogP contribution in [-0.4, -0.2) is 42.0 Å². The second-order valence-corrected chi connectivity index (χ2v) is 9.20. The van der Waals surface area contributed by atoms with Gasteiger partial charge in [-0.25, -0.2) is 9.78 Å². The minimum absolute atomic E-state index is 0.255. The van der Waals surface area contributed by atoms with Crippen LogP contribution in [0.5, 0.6) is 0 Å². The highest BCUT2D eigenvalue weighted by molar-refractivity contribution is 7.21. The Bertz CT molecular complexity index is 1120. The zero-order valence-electron chi connectivity index (χ0n) is 18.1. The lowest BCUT2D eigenvalue weighted by Gasteiger charge is -2.30. The number of pyridine rings is 1. The Morgan fingerprint density at radius 2 is 2.06 bits per heavy atom. The van der Waals surface area contributed by atoms with Crippen molar-refractivity contribution in [2.24, 2.45) is 5.92 Å². The highest BCUT2D eigenvalue weighted by atomic mass is 32.1. The molecule has 6 nitrogen and oxygen atoms in total. The maximum atomic E-state index is 12.9. The van der Waals surface area contributed by atoms with E-state index >= 15 is 0 Å². The minimum atomic E-state index is -0.477. The van der Waals surface area contributed by atoms with Gasteiger partial charge in [-0.15, -0.1) is 11.3 Å². The summed E-state index contributed by atoms with van der Waals surface area (Å²) >= 11 is 1.26. The van der Waals surface area contributed by atoms with Crippen LogP contribution in [0.25, 0.3) is 10.2 Å². The molecule has 0 bridgehead atoms. The lowest BCUT2D eigenvalue weighted by Crippen LogP contribution is -2.33. The van der Waals surface area contributed by atoms with Crippen molar-refractivity contribution in [1.29, 1.82) is 0 Å². The maximum Gasteiger partial charge on any atom is 0.350 e. The SMILES string of the molecule is COC(=O)c1sc2nc(CN3CCCC(C)C3)ccc2c1NC(=O)c1ccccc1C. The molecule has 1 aromatic carbocycles. The number of carbonyl (C=O) groups excluding carboxylic acids is 2. The van der Waals surface area contributed by atoms with Crippen molar-refractivity contribution < 1.29 is 14.3 Å². The summed E-state index contributed by atoms with van der Waals surface area (Å²) < 4.78 is 4.97. The monoisotopic (exact) mass is 437 g/mol. The van der Waals surface area contributed by atoms with Crippen LogP contribution < -0.4 is 5.32 Å². The molecule has 1 amide bonds. The molecule has 3 aromatic rings. The summed E-state index contributed by atoms with van der Waals surface area (Å²) in [6, 6.07) is 11.3. The predicted molar refractivity (Wildman–Crippen MR) is 124 cm³/mol. The van der Waals surface area contributed by atoms with Crippen LogP contribution in [0.3, 0.4) is 0 Å². The fraction of sp³-hybridized carbons (Fsp3) is 0.375. The molecule has 0 saturated carbocycles. The van der Waals surface area contributed by atoms with E-state index in [1.54, 1.807) is 6.07 Å². The van der Waals surface area contributed by atoms with Gasteiger partial charge in [0.1, 0.15) is 9.71 Å². The zero-order chi connectivity index (χ0) is 22.0. The Kier molecular flexibility index (Phi) is 6.34. The van der Waals surface area contributed by atoms with E-state index in [9.17, 15) is 9.59 Å². The standard InChI is InChI=1S/C24H27N3O3S/c1-15-7-6-12-27(13-15)14-17-10-11-19-20(21(24(29)30-3)31-23(19)25-17)26-22(28)18-9-5-4-8-16(18)2/h4-5,8-11,15H,6-7,12-14H2,1-3H3,(H,26,28). The van der Waals surface area contributed by atoms with E-state index in [4.69, 9.17) is 9.72 Å². The lowest BCUT2D eigenvalue weighted by molar-refractivity contribution is 0.0607. The number of methoxy groups -OCH3 is 1. The van der Waals surface area contributed by atoms with Crippen molar-refractivity contribution in [3.05, 3.63) is 58.1 Å². The second kappa shape index (κ2) is 9.16. The van der Waals surface area contributed by atoms with Gasteiger partial charge >= 0.3 is 5.97 Å². The van der Waals surface area contributed by atoms with Crippen molar-refractivity contribution in [1.82, 2.24) is 9.88 Å². The molecule has 1 N–H and O–H groups in total. The number of amides is 1.